The summed E-state index contributed by atoms with van der Waals surface area (Å²) in [6.07, 6.45) is 3.15. The molecular weight excluding hydrogens is 262 g/mol. The number of carbonyl (C=O) groups excluding carboxylic acids is 1. The van der Waals surface area contributed by atoms with Gasteiger partial charge in [0, 0.05) is 17.6 Å². The van der Waals surface area contributed by atoms with Gasteiger partial charge in [-0.25, -0.2) is 9.97 Å². The highest BCUT2D eigenvalue weighted by molar-refractivity contribution is 7.99. The van der Waals surface area contributed by atoms with Gasteiger partial charge in [-0.2, -0.15) is 0 Å². The number of nitrogens with two attached hydrogens (primary N) is 1. The van der Waals surface area contributed by atoms with Crippen molar-refractivity contribution in [1.29, 1.82) is 0 Å². The minimum Gasteiger partial charge on any atom is -0.465 e. The third kappa shape index (κ3) is 5.57. The summed E-state index contributed by atoms with van der Waals surface area (Å²) >= 11 is 1.57. The number of nitrogens with zero attached hydrogens (tertiary/aromatic N) is 2. The lowest BCUT2D eigenvalue weighted by molar-refractivity contribution is -0.149. The maximum atomic E-state index is 11.6. The Morgan fingerprint density at radius 1 is 1.58 bits per heavy atom. The van der Waals surface area contributed by atoms with E-state index in [2.05, 4.69) is 9.97 Å². The van der Waals surface area contributed by atoms with E-state index < -0.39 is 5.54 Å². The van der Waals surface area contributed by atoms with Crippen LogP contribution in [-0.2, 0) is 9.53 Å². The molecule has 0 aliphatic carbocycles. The summed E-state index contributed by atoms with van der Waals surface area (Å²) in [6, 6.07) is 1.86. The van der Waals surface area contributed by atoms with Crippen molar-refractivity contribution in [2.24, 2.45) is 5.73 Å². The molecule has 0 amide bonds. The monoisotopic (exact) mass is 283 g/mol. The van der Waals surface area contributed by atoms with Crippen LogP contribution in [0.1, 0.15) is 32.4 Å². The maximum Gasteiger partial charge on any atom is 0.325 e. The highest BCUT2D eigenvalue weighted by Crippen LogP contribution is 2.18. The molecule has 1 atom stereocenters. The van der Waals surface area contributed by atoms with E-state index in [1.54, 1.807) is 31.8 Å². The number of hydrogen-bond acceptors (Lipinski definition) is 6. The van der Waals surface area contributed by atoms with Crippen LogP contribution in [0.5, 0.6) is 0 Å². The van der Waals surface area contributed by atoms with Crippen molar-refractivity contribution in [3.05, 3.63) is 18.0 Å². The van der Waals surface area contributed by atoms with E-state index in [9.17, 15) is 4.79 Å². The number of rotatable bonds is 7. The zero-order valence-corrected chi connectivity index (χ0v) is 12.5. The van der Waals surface area contributed by atoms with Gasteiger partial charge in [-0.15, -0.1) is 0 Å². The Morgan fingerprint density at radius 2 is 2.32 bits per heavy atom. The van der Waals surface area contributed by atoms with E-state index in [4.69, 9.17) is 10.5 Å². The molecule has 0 bridgehead atoms. The summed E-state index contributed by atoms with van der Waals surface area (Å²) in [5.74, 6) is 0.488. The molecule has 1 rings (SSSR count). The van der Waals surface area contributed by atoms with E-state index >= 15 is 0 Å². The molecule has 0 fully saturated rings. The summed E-state index contributed by atoms with van der Waals surface area (Å²) in [5.41, 5.74) is 5.97. The minimum atomic E-state index is -0.913. The lowest BCUT2D eigenvalue weighted by Gasteiger charge is -2.21. The molecule has 1 unspecified atom stereocenters. The Labute approximate surface area is 118 Å². The van der Waals surface area contributed by atoms with Gasteiger partial charge in [0.15, 0.2) is 5.16 Å². The van der Waals surface area contributed by atoms with Crippen LogP contribution in [0.15, 0.2) is 17.4 Å². The smallest absolute Gasteiger partial charge is 0.325 e. The summed E-state index contributed by atoms with van der Waals surface area (Å²) in [5, 5.41) is 0.759. The molecule has 5 nitrogen and oxygen atoms in total. The van der Waals surface area contributed by atoms with Crippen molar-refractivity contribution < 1.29 is 9.53 Å². The van der Waals surface area contributed by atoms with Crippen molar-refractivity contribution >= 4 is 17.7 Å². The van der Waals surface area contributed by atoms with Gasteiger partial charge < -0.3 is 10.5 Å². The Hall–Kier alpha value is -1.14. The Balaban J connectivity index is 2.32. The van der Waals surface area contributed by atoms with Crippen LogP contribution >= 0.6 is 11.8 Å². The van der Waals surface area contributed by atoms with E-state index in [1.165, 1.54) is 0 Å². The van der Waals surface area contributed by atoms with E-state index in [0.717, 1.165) is 23.0 Å². The zero-order valence-electron chi connectivity index (χ0n) is 11.7. The lowest BCUT2D eigenvalue weighted by atomic mass is 9.98. The van der Waals surface area contributed by atoms with Crippen molar-refractivity contribution in [2.45, 2.75) is 44.3 Å². The second kappa shape index (κ2) is 7.45. The van der Waals surface area contributed by atoms with Gasteiger partial charge in [-0.1, -0.05) is 11.8 Å². The average molecular weight is 283 g/mol. The van der Waals surface area contributed by atoms with Crippen LogP contribution in [0, 0.1) is 6.92 Å². The number of esters is 1. The molecule has 6 heteroatoms. The topological polar surface area (TPSA) is 78.1 Å². The third-order valence-corrected chi connectivity index (χ3v) is 3.53. The number of aromatic nitrogens is 2. The molecule has 1 heterocycles. The molecule has 0 aliphatic heterocycles. The Bertz CT molecular complexity index is 424. The van der Waals surface area contributed by atoms with Gasteiger partial charge in [0.2, 0.25) is 0 Å². The fourth-order valence-electron chi connectivity index (χ4n) is 1.50. The molecule has 0 aliphatic rings. The average Bonchev–Trinajstić information content (AvgIpc) is 2.35. The van der Waals surface area contributed by atoms with Crippen molar-refractivity contribution in [2.75, 3.05) is 12.4 Å². The molecule has 106 valence electrons. The molecule has 0 radical (unpaired) electrons. The number of aryl methyl sites for hydroxylation is 1. The standard InChI is InChI=1S/C13H21N3O2S/c1-4-18-11(17)13(3,14)7-5-9-19-12-15-8-6-10(2)16-12/h6,8H,4-5,7,9,14H2,1-3H3. The van der Waals surface area contributed by atoms with Crippen molar-refractivity contribution in [1.82, 2.24) is 9.97 Å². The van der Waals surface area contributed by atoms with Crippen LogP contribution < -0.4 is 5.73 Å². The number of carbonyl (C=O) groups is 1. The SMILES string of the molecule is CCOC(=O)C(C)(N)CCCSc1nccc(C)n1. The van der Waals surface area contributed by atoms with Crippen LogP contribution in [0.4, 0.5) is 0 Å². The van der Waals surface area contributed by atoms with Gasteiger partial charge in [0.25, 0.3) is 0 Å². The summed E-state index contributed by atoms with van der Waals surface area (Å²) < 4.78 is 4.94. The number of thioether (sulfide) groups is 1. The van der Waals surface area contributed by atoms with Crippen LogP contribution in [0.3, 0.4) is 0 Å². The zero-order chi connectivity index (χ0) is 14.3. The molecule has 0 spiro atoms. The molecule has 19 heavy (non-hydrogen) atoms. The van der Waals surface area contributed by atoms with Gasteiger partial charge in [0.05, 0.1) is 6.61 Å². The highest BCUT2D eigenvalue weighted by Gasteiger charge is 2.29. The Kier molecular flexibility index (Phi) is 6.24. The predicted molar refractivity (Wildman–Crippen MR) is 76.0 cm³/mol. The van der Waals surface area contributed by atoms with Gasteiger partial charge in [0.1, 0.15) is 5.54 Å². The molecule has 2 N–H and O–H groups in total. The van der Waals surface area contributed by atoms with Crippen LogP contribution in [-0.4, -0.2) is 33.8 Å². The second-order valence-electron chi connectivity index (χ2n) is 4.57. The summed E-state index contributed by atoms with van der Waals surface area (Å²) in [6.45, 7) is 5.78. The third-order valence-electron chi connectivity index (χ3n) is 2.59. The largest absolute Gasteiger partial charge is 0.465 e. The first-order valence-electron chi connectivity index (χ1n) is 6.34. The molecular formula is C13H21N3O2S. The molecule has 0 aromatic carbocycles. The summed E-state index contributed by atoms with van der Waals surface area (Å²) in [7, 11) is 0. The normalized spacial score (nSPS) is 13.9. The summed E-state index contributed by atoms with van der Waals surface area (Å²) in [4.78, 5) is 20.1. The van der Waals surface area contributed by atoms with E-state index in [-0.39, 0.29) is 5.97 Å². The second-order valence-corrected chi connectivity index (χ2v) is 5.63. The first-order valence-corrected chi connectivity index (χ1v) is 7.33. The van der Waals surface area contributed by atoms with Gasteiger partial charge in [-0.05, 0) is 39.7 Å². The fourth-order valence-corrected chi connectivity index (χ4v) is 2.31. The molecule has 0 saturated heterocycles. The Morgan fingerprint density at radius 3 is 2.95 bits per heavy atom. The number of ether oxygens (including phenoxy) is 1. The first-order chi connectivity index (χ1) is 8.95. The van der Waals surface area contributed by atoms with E-state index in [0.29, 0.717) is 13.0 Å². The van der Waals surface area contributed by atoms with Gasteiger partial charge >= 0.3 is 5.97 Å². The predicted octanol–water partition coefficient (Wildman–Crippen LogP) is 1.94. The number of hydrogen-bond donors (Lipinski definition) is 1. The van der Waals surface area contributed by atoms with Crippen LogP contribution in [0.25, 0.3) is 0 Å². The first kappa shape index (κ1) is 15.9. The quantitative estimate of drug-likeness (QED) is 0.356. The van der Waals surface area contributed by atoms with Gasteiger partial charge in [-0.3, -0.25) is 4.79 Å². The van der Waals surface area contributed by atoms with E-state index in [1.807, 2.05) is 13.0 Å². The molecule has 0 saturated carbocycles. The van der Waals surface area contributed by atoms with Crippen LogP contribution in [0.2, 0.25) is 0 Å². The minimum absolute atomic E-state index is 0.341. The molecule has 1 aromatic heterocycles. The maximum absolute atomic E-state index is 11.6. The highest BCUT2D eigenvalue weighted by atomic mass is 32.2. The lowest BCUT2D eigenvalue weighted by Crippen LogP contribution is -2.46. The fraction of sp³-hybridized carbons (Fsp3) is 0.615. The van der Waals surface area contributed by atoms with Crippen molar-refractivity contribution in [3.8, 4) is 0 Å². The molecule has 1 aromatic rings. The van der Waals surface area contributed by atoms with Crippen molar-refractivity contribution in [3.63, 3.8) is 0 Å².